The van der Waals surface area contributed by atoms with Crippen molar-refractivity contribution in [2.45, 2.75) is 25.8 Å². The SMILES string of the molecule is CC(N)CCc1ncc(-c2ccc(F)cc2Br)[nH]1. The maximum absolute atomic E-state index is 13.0. The quantitative estimate of drug-likeness (QED) is 0.910. The Labute approximate surface area is 114 Å². The minimum Gasteiger partial charge on any atom is -0.342 e. The molecule has 1 atom stereocenters. The highest BCUT2D eigenvalue weighted by atomic mass is 79.9. The fraction of sp³-hybridized carbons (Fsp3) is 0.308. The van der Waals surface area contributed by atoms with Crippen LogP contribution in [0.3, 0.4) is 0 Å². The number of nitrogens with zero attached hydrogens (tertiary/aromatic N) is 1. The average Bonchev–Trinajstić information content (AvgIpc) is 2.75. The van der Waals surface area contributed by atoms with Crippen molar-refractivity contribution in [2.24, 2.45) is 5.73 Å². The lowest BCUT2D eigenvalue weighted by Gasteiger charge is -2.03. The second kappa shape index (κ2) is 5.63. The number of nitrogens with two attached hydrogens (primary N) is 1. The van der Waals surface area contributed by atoms with E-state index < -0.39 is 0 Å². The van der Waals surface area contributed by atoms with E-state index in [4.69, 9.17) is 5.73 Å². The third kappa shape index (κ3) is 3.17. The second-order valence-corrected chi connectivity index (χ2v) is 5.24. The van der Waals surface area contributed by atoms with Gasteiger partial charge in [0.25, 0.3) is 0 Å². The fourth-order valence-corrected chi connectivity index (χ4v) is 2.26. The number of aromatic nitrogens is 2. The van der Waals surface area contributed by atoms with E-state index >= 15 is 0 Å². The Morgan fingerprint density at radius 2 is 2.28 bits per heavy atom. The van der Waals surface area contributed by atoms with E-state index in [2.05, 4.69) is 25.9 Å². The van der Waals surface area contributed by atoms with E-state index in [9.17, 15) is 4.39 Å². The van der Waals surface area contributed by atoms with Crippen molar-refractivity contribution in [2.75, 3.05) is 0 Å². The zero-order valence-corrected chi connectivity index (χ0v) is 11.7. The molecule has 0 aliphatic heterocycles. The molecule has 2 aromatic rings. The van der Waals surface area contributed by atoms with E-state index in [0.717, 1.165) is 29.9 Å². The summed E-state index contributed by atoms with van der Waals surface area (Å²) in [5.41, 5.74) is 7.48. The standard InChI is InChI=1S/C13H15BrFN3/c1-8(16)2-5-13-17-7-12(18-13)10-4-3-9(15)6-11(10)14/h3-4,6-8H,2,5,16H2,1H3,(H,17,18). The number of imidazole rings is 1. The van der Waals surface area contributed by atoms with Crippen LogP contribution in [0.15, 0.2) is 28.9 Å². The van der Waals surface area contributed by atoms with Crippen LogP contribution in [-0.2, 0) is 6.42 Å². The van der Waals surface area contributed by atoms with Crippen molar-refractivity contribution in [3.63, 3.8) is 0 Å². The highest BCUT2D eigenvalue weighted by Crippen LogP contribution is 2.27. The third-order valence-corrected chi connectivity index (χ3v) is 3.34. The molecule has 0 fully saturated rings. The summed E-state index contributed by atoms with van der Waals surface area (Å²) in [4.78, 5) is 7.53. The Hall–Kier alpha value is -1.20. The van der Waals surface area contributed by atoms with Crippen molar-refractivity contribution in [1.29, 1.82) is 0 Å². The number of halogens is 2. The van der Waals surface area contributed by atoms with Crippen molar-refractivity contribution in [1.82, 2.24) is 9.97 Å². The van der Waals surface area contributed by atoms with Gasteiger partial charge in [0.1, 0.15) is 11.6 Å². The largest absolute Gasteiger partial charge is 0.342 e. The fourth-order valence-electron chi connectivity index (χ4n) is 1.70. The number of aryl methyl sites for hydroxylation is 1. The summed E-state index contributed by atoms with van der Waals surface area (Å²) in [5.74, 6) is 0.640. The van der Waals surface area contributed by atoms with Gasteiger partial charge in [0, 0.05) is 22.5 Å². The van der Waals surface area contributed by atoms with Gasteiger partial charge < -0.3 is 10.7 Å². The van der Waals surface area contributed by atoms with Crippen molar-refractivity contribution < 1.29 is 4.39 Å². The lowest BCUT2D eigenvalue weighted by molar-refractivity contribution is 0.627. The molecule has 1 heterocycles. The summed E-state index contributed by atoms with van der Waals surface area (Å²) < 4.78 is 13.7. The molecule has 0 bridgehead atoms. The Morgan fingerprint density at radius 3 is 2.94 bits per heavy atom. The van der Waals surface area contributed by atoms with Crippen molar-refractivity contribution in [3.8, 4) is 11.3 Å². The predicted octanol–water partition coefficient (Wildman–Crippen LogP) is 3.26. The van der Waals surface area contributed by atoms with E-state index in [1.165, 1.54) is 12.1 Å². The van der Waals surface area contributed by atoms with Crippen LogP contribution in [0, 0.1) is 5.82 Å². The molecule has 0 aliphatic carbocycles. The average molecular weight is 312 g/mol. The Bertz CT molecular complexity index is 537. The third-order valence-electron chi connectivity index (χ3n) is 2.69. The molecule has 1 unspecified atom stereocenters. The zero-order chi connectivity index (χ0) is 13.1. The molecule has 5 heteroatoms. The van der Waals surface area contributed by atoms with Crippen LogP contribution in [0.2, 0.25) is 0 Å². The number of nitrogens with one attached hydrogen (secondary N) is 1. The van der Waals surface area contributed by atoms with Crippen LogP contribution in [0.1, 0.15) is 19.2 Å². The van der Waals surface area contributed by atoms with Gasteiger partial charge in [-0.15, -0.1) is 0 Å². The monoisotopic (exact) mass is 311 g/mol. The van der Waals surface area contributed by atoms with E-state index in [0.29, 0.717) is 4.47 Å². The summed E-state index contributed by atoms with van der Waals surface area (Å²) in [6.07, 6.45) is 3.46. The molecule has 18 heavy (non-hydrogen) atoms. The smallest absolute Gasteiger partial charge is 0.124 e. The molecular formula is C13H15BrFN3. The Balaban J connectivity index is 2.18. The normalized spacial score (nSPS) is 12.7. The van der Waals surface area contributed by atoms with Crippen molar-refractivity contribution >= 4 is 15.9 Å². The van der Waals surface area contributed by atoms with E-state index in [1.54, 1.807) is 12.3 Å². The molecule has 96 valence electrons. The van der Waals surface area contributed by atoms with Gasteiger partial charge in [-0.3, -0.25) is 0 Å². The Morgan fingerprint density at radius 1 is 1.50 bits per heavy atom. The highest BCUT2D eigenvalue weighted by Gasteiger charge is 2.08. The van der Waals surface area contributed by atoms with Gasteiger partial charge in [0.05, 0.1) is 11.9 Å². The van der Waals surface area contributed by atoms with Gasteiger partial charge in [-0.1, -0.05) is 0 Å². The maximum Gasteiger partial charge on any atom is 0.124 e. The topological polar surface area (TPSA) is 54.7 Å². The first-order valence-electron chi connectivity index (χ1n) is 5.81. The van der Waals surface area contributed by atoms with Crippen LogP contribution in [0.25, 0.3) is 11.3 Å². The van der Waals surface area contributed by atoms with Crippen LogP contribution in [0.4, 0.5) is 4.39 Å². The molecule has 0 radical (unpaired) electrons. The number of aromatic amines is 1. The Kier molecular flexibility index (Phi) is 4.14. The molecule has 2 rings (SSSR count). The summed E-state index contributed by atoms with van der Waals surface area (Å²) >= 11 is 3.35. The first-order valence-corrected chi connectivity index (χ1v) is 6.60. The molecule has 3 N–H and O–H groups in total. The summed E-state index contributed by atoms with van der Waals surface area (Å²) in [6, 6.07) is 4.76. The molecule has 0 aliphatic rings. The number of hydrogen-bond acceptors (Lipinski definition) is 2. The summed E-state index contributed by atoms with van der Waals surface area (Å²) in [7, 11) is 0. The number of rotatable bonds is 4. The van der Waals surface area contributed by atoms with Crippen LogP contribution in [-0.4, -0.2) is 16.0 Å². The summed E-state index contributed by atoms with van der Waals surface area (Å²) in [6.45, 7) is 1.97. The highest BCUT2D eigenvalue weighted by molar-refractivity contribution is 9.10. The first kappa shape index (κ1) is 13.2. The number of hydrogen-bond donors (Lipinski definition) is 2. The number of benzene rings is 1. The van der Waals surface area contributed by atoms with Crippen molar-refractivity contribution in [3.05, 3.63) is 40.5 Å². The maximum atomic E-state index is 13.0. The van der Waals surface area contributed by atoms with E-state index in [1.807, 2.05) is 6.92 Å². The molecule has 0 spiro atoms. The molecule has 3 nitrogen and oxygen atoms in total. The van der Waals surface area contributed by atoms with E-state index in [-0.39, 0.29) is 11.9 Å². The summed E-state index contributed by atoms with van der Waals surface area (Å²) in [5, 5.41) is 0. The van der Waals surface area contributed by atoms with Crippen LogP contribution >= 0.6 is 15.9 Å². The van der Waals surface area contributed by atoms with Gasteiger partial charge in [-0.25, -0.2) is 9.37 Å². The molecule has 0 saturated heterocycles. The molecular weight excluding hydrogens is 297 g/mol. The lowest BCUT2D eigenvalue weighted by Crippen LogP contribution is -2.15. The van der Waals surface area contributed by atoms with Gasteiger partial charge in [-0.2, -0.15) is 0 Å². The predicted molar refractivity (Wildman–Crippen MR) is 73.7 cm³/mol. The van der Waals surface area contributed by atoms with Crippen LogP contribution in [0.5, 0.6) is 0 Å². The zero-order valence-electron chi connectivity index (χ0n) is 10.1. The van der Waals surface area contributed by atoms with Gasteiger partial charge in [0.15, 0.2) is 0 Å². The lowest BCUT2D eigenvalue weighted by atomic mass is 10.1. The second-order valence-electron chi connectivity index (χ2n) is 4.38. The molecule has 1 aromatic heterocycles. The van der Waals surface area contributed by atoms with Crippen LogP contribution < -0.4 is 5.73 Å². The molecule has 0 amide bonds. The molecule has 0 saturated carbocycles. The van der Waals surface area contributed by atoms with Gasteiger partial charge in [0.2, 0.25) is 0 Å². The van der Waals surface area contributed by atoms with Gasteiger partial charge >= 0.3 is 0 Å². The number of H-pyrrole nitrogens is 1. The first-order chi connectivity index (χ1) is 8.56. The minimum atomic E-state index is -0.262. The van der Waals surface area contributed by atoms with Gasteiger partial charge in [-0.05, 0) is 47.5 Å². The minimum absolute atomic E-state index is 0.163. The molecule has 1 aromatic carbocycles.